The summed E-state index contributed by atoms with van der Waals surface area (Å²) in [5.74, 6) is 0. The molecule has 1 N–H and O–H groups in total. The summed E-state index contributed by atoms with van der Waals surface area (Å²) in [7, 11) is 0. The molecular weight excluding hydrogens is 435 g/mol. The number of imidazole rings is 1. The monoisotopic (exact) mass is 459 g/mol. The average molecular weight is 459 g/mol. The van der Waals surface area contributed by atoms with Crippen molar-refractivity contribution in [2.24, 2.45) is 0 Å². The molecular formula is C23H24F3N5O2. The van der Waals surface area contributed by atoms with Crippen LogP contribution in [0, 0.1) is 6.92 Å². The summed E-state index contributed by atoms with van der Waals surface area (Å²) in [6.45, 7) is 8.86. The van der Waals surface area contributed by atoms with Crippen molar-refractivity contribution in [1.29, 1.82) is 0 Å². The minimum absolute atomic E-state index is 0.0872. The van der Waals surface area contributed by atoms with E-state index in [1.165, 1.54) is 23.7 Å². The van der Waals surface area contributed by atoms with Crippen LogP contribution in [0.3, 0.4) is 0 Å². The summed E-state index contributed by atoms with van der Waals surface area (Å²) in [4.78, 5) is 22.6. The van der Waals surface area contributed by atoms with Crippen LogP contribution in [0.25, 0.3) is 27.9 Å². The number of fused-ring (bicyclic) bond motifs is 2. The zero-order valence-electron chi connectivity index (χ0n) is 18.5. The molecule has 0 unspecified atom stereocenters. The molecule has 3 aromatic heterocycles. The Bertz CT molecular complexity index is 1360. The lowest BCUT2D eigenvalue weighted by atomic mass is 10.1. The number of aromatic nitrogens is 3. The van der Waals surface area contributed by atoms with Gasteiger partial charge in [0.15, 0.2) is 11.3 Å². The third-order valence-corrected chi connectivity index (χ3v) is 5.38. The summed E-state index contributed by atoms with van der Waals surface area (Å²) in [6.07, 6.45) is -1.86. The molecule has 0 saturated carbocycles. The third kappa shape index (κ3) is 4.56. The number of hydrogen-bond acceptors (Lipinski definition) is 6. The molecule has 174 valence electrons. The van der Waals surface area contributed by atoms with Crippen LogP contribution in [0.15, 0.2) is 45.9 Å². The predicted molar refractivity (Wildman–Crippen MR) is 121 cm³/mol. The van der Waals surface area contributed by atoms with Gasteiger partial charge in [-0.1, -0.05) is 6.92 Å². The molecule has 0 aliphatic carbocycles. The van der Waals surface area contributed by atoms with Crippen molar-refractivity contribution in [3.05, 3.63) is 58.5 Å². The largest absolute Gasteiger partial charge is 0.437 e. The van der Waals surface area contributed by atoms with E-state index in [-0.39, 0.29) is 22.6 Å². The van der Waals surface area contributed by atoms with E-state index in [4.69, 9.17) is 4.42 Å². The van der Waals surface area contributed by atoms with Crippen molar-refractivity contribution < 1.29 is 17.6 Å². The number of anilines is 1. The van der Waals surface area contributed by atoms with E-state index in [1.807, 2.05) is 26.0 Å². The summed E-state index contributed by atoms with van der Waals surface area (Å²) in [5.41, 5.74) is -0.442. The Morgan fingerprint density at radius 3 is 2.64 bits per heavy atom. The number of nitrogens with zero attached hydrogens (tertiary/aromatic N) is 4. The van der Waals surface area contributed by atoms with Crippen LogP contribution in [-0.2, 0) is 6.18 Å². The van der Waals surface area contributed by atoms with Gasteiger partial charge in [-0.05, 0) is 38.6 Å². The van der Waals surface area contributed by atoms with Gasteiger partial charge in [-0.25, -0.2) is 14.8 Å². The molecule has 0 atom stereocenters. The van der Waals surface area contributed by atoms with Crippen molar-refractivity contribution in [2.75, 3.05) is 31.1 Å². The zero-order chi connectivity index (χ0) is 23.8. The Kier molecular flexibility index (Phi) is 6.11. The molecule has 4 aromatic rings. The Morgan fingerprint density at radius 2 is 1.94 bits per heavy atom. The highest BCUT2D eigenvalue weighted by Crippen LogP contribution is 2.32. The Labute approximate surface area is 187 Å². The molecule has 1 aromatic carbocycles. The highest BCUT2D eigenvalue weighted by atomic mass is 19.4. The fourth-order valence-electron chi connectivity index (χ4n) is 3.78. The number of likely N-dealkylation sites (N-methyl/N-ethyl adjacent to an activating group) is 2. The lowest BCUT2D eigenvalue weighted by molar-refractivity contribution is -0.140. The molecule has 33 heavy (non-hydrogen) atoms. The van der Waals surface area contributed by atoms with Crippen molar-refractivity contribution in [1.82, 2.24) is 19.7 Å². The average Bonchev–Trinajstić information content (AvgIpc) is 3.18. The number of halogens is 3. The molecule has 0 bridgehead atoms. The van der Waals surface area contributed by atoms with Crippen molar-refractivity contribution in [3.8, 4) is 11.3 Å². The van der Waals surface area contributed by atoms with E-state index in [1.54, 1.807) is 12.1 Å². The van der Waals surface area contributed by atoms with E-state index in [9.17, 15) is 18.0 Å². The van der Waals surface area contributed by atoms with Crippen LogP contribution >= 0.6 is 0 Å². The SMILES string of the molecule is CCNCCN(CC)c1ccc2cc(-c3cn4cc(C)nc(C(F)(F)F)c4n3)c(=O)oc2c1. The second-order valence-electron chi connectivity index (χ2n) is 7.69. The first-order valence-electron chi connectivity index (χ1n) is 10.7. The molecule has 4 rings (SSSR count). The van der Waals surface area contributed by atoms with Gasteiger partial charge in [-0.15, -0.1) is 0 Å². The lowest BCUT2D eigenvalue weighted by Crippen LogP contribution is -2.31. The number of aryl methyl sites for hydroxylation is 1. The van der Waals surface area contributed by atoms with Crippen molar-refractivity contribution >= 4 is 22.3 Å². The fraction of sp³-hybridized carbons (Fsp3) is 0.348. The highest BCUT2D eigenvalue weighted by Gasteiger charge is 2.36. The van der Waals surface area contributed by atoms with Gasteiger partial charge in [0.2, 0.25) is 0 Å². The standard InChI is InChI=1S/C23H24F3N5O2/c1-4-27-8-9-30(5-2)16-7-6-15-10-17(22(32)33-19(15)11-16)18-13-31-12-14(3)28-20(21(31)29-18)23(24,25)26/h6-7,10-13,27H,4-5,8-9H2,1-3H3. The van der Waals surface area contributed by atoms with Gasteiger partial charge in [-0.2, -0.15) is 13.2 Å². The minimum Gasteiger partial charge on any atom is -0.422 e. The van der Waals surface area contributed by atoms with E-state index < -0.39 is 17.5 Å². The Morgan fingerprint density at radius 1 is 1.15 bits per heavy atom. The van der Waals surface area contributed by atoms with Crippen LogP contribution in [0.4, 0.5) is 18.9 Å². The maximum atomic E-state index is 13.4. The van der Waals surface area contributed by atoms with Gasteiger partial charge in [0.1, 0.15) is 5.58 Å². The molecule has 3 heterocycles. The van der Waals surface area contributed by atoms with Crippen molar-refractivity contribution in [3.63, 3.8) is 0 Å². The highest BCUT2D eigenvalue weighted by molar-refractivity contribution is 5.84. The summed E-state index contributed by atoms with van der Waals surface area (Å²) in [5, 5.41) is 3.93. The first-order chi connectivity index (χ1) is 15.7. The van der Waals surface area contributed by atoms with Crippen LogP contribution in [0.5, 0.6) is 0 Å². The molecule has 0 saturated heterocycles. The molecule has 0 amide bonds. The van der Waals surface area contributed by atoms with Crippen LogP contribution < -0.4 is 15.8 Å². The van der Waals surface area contributed by atoms with Gasteiger partial charge < -0.3 is 19.0 Å². The van der Waals surface area contributed by atoms with Gasteiger partial charge in [0.05, 0.1) is 17.0 Å². The number of alkyl halides is 3. The van der Waals surface area contributed by atoms with Crippen molar-refractivity contribution in [2.45, 2.75) is 26.9 Å². The number of hydrogen-bond donors (Lipinski definition) is 1. The maximum absolute atomic E-state index is 13.4. The molecule has 0 radical (unpaired) electrons. The normalized spacial score (nSPS) is 12.1. The Balaban J connectivity index is 1.76. The number of benzene rings is 1. The molecule has 10 heteroatoms. The van der Waals surface area contributed by atoms with Crippen LogP contribution in [0.2, 0.25) is 0 Å². The molecule has 0 aliphatic rings. The summed E-state index contributed by atoms with van der Waals surface area (Å²) >= 11 is 0. The smallest absolute Gasteiger partial charge is 0.422 e. The van der Waals surface area contributed by atoms with E-state index in [0.29, 0.717) is 11.0 Å². The molecule has 7 nitrogen and oxygen atoms in total. The number of nitrogens with one attached hydrogen (secondary N) is 1. The van der Waals surface area contributed by atoms with Gasteiger partial charge >= 0.3 is 11.8 Å². The second-order valence-corrected chi connectivity index (χ2v) is 7.69. The maximum Gasteiger partial charge on any atom is 0.437 e. The third-order valence-electron chi connectivity index (χ3n) is 5.38. The molecule has 0 fully saturated rings. The van der Waals surface area contributed by atoms with Crippen LogP contribution in [0.1, 0.15) is 25.2 Å². The summed E-state index contributed by atoms with van der Waals surface area (Å²) in [6, 6.07) is 7.15. The first kappa shape index (κ1) is 22.8. The zero-order valence-corrected chi connectivity index (χ0v) is 18.5. The predicted octanol–water partition coefficient (Wildman–Crippen LogP) is 4.27. The van der Waals surface area contributed by atoms with Gasteiger partial charge in [0, 0.05) is 49.2 Å². The van der Waals surface area contributed by atoms with Crippen LogP contribution in [-0.4, -0.2) is 40.5 Å². The lowest BCUT2D eigenvalue weighted by Gasteiger charge is -2.23. The summed E-state index contributed by atoms with van der Waals surface area (Å²) < 4.78 is 47.0. The Hall–Kier alpha value is -3.40. The topological polar surface area (TPSA) is 75.7 Å². The van der Waals surface area contributed by atoms with E-state index >= 15 is 0 Å². The second kappa shape index (κ2) is 8.86. The van der Waals surface area contributed by atoms with Gasteiger partial charge in [-0.3, -0.25) is 0 Å². The minimum atomic E-state index is -4.67. The molecule has 0 aliphatic heterocycles. The fourth-order valence-corrected chi connectivity index (χ4v) is 3.78. The molecule has 0 spiro atoms. The number of rotatable bonds is 7. The van der Waals surface area contributed by atoms with E-state index in [2.05, 4.69) is 20.2 Å². The first-order valence-corrected chi connectivity index (χ1v) is 10.7. The quantitative estimate of drug-likeness (QED) is 0.329. The van der Waals surface area contributed by atoms with E-state index in [0.717, 1.165) is 31.9 Å². The van der Waals surface area contributed by atoms with Gasteiger partial charge in [0.25, 0.3) is 0 Å².